The smallest absolute Gasteiger partial charge is 0.235 e. The van der Waals surface area contributed by atoms with Crippen molar-refractivity contribution in [2.24, 2.45) is 0 Å². The Kier molecular flexibility index (Phi) is 6.10. The van der Waals surface area contributed by atoms with Crippen LogP contribution in [0.2, 0.25) is 0 Å². The predicted molar refractivity (Wildman–Crippen MR) is 234 cm³/mol. The second-order valence-electron chi connectivity index (χ2n) is 14.8. The second-order valence-corrected chi connectivity index (χ2v) is 14.8. The van der Waals surface area contributed by atoms with E-state index in [4.69, 9.17) is 18.8 Å². The zero-order valence-electron chi connectivity index (χ0n) is 30.4. The molecular formula is C52H29N3O2. The molecule has 0 fully saturated rings. The minimum Gasteiger partial charge on any atom is -0.455 e. The molecule has 5 nitrogen and oxygen atoms in total. The molecule has 4 aromatic heterocycles. The summed E-state index contributed by atoms with van der Waals surface area (Å²) in [5.74, 6) is 0.565. The van der Waals surface area contributed by atoms with Crippen molar-refractivity contribution >= 4 is 98.1 Å². The van der Waals surface area contributed by atoms with Gasteiger partial charge in [-0.05, 0) is 69.1 Å². The van der Waals surface area contributed by atoms with Gasteiger partial charge in [0.1, 0.15) is 22.3 Å². The van der Waals surface area contributed by atoms with Gasteiger partial charge in [0.2, 0.25) is 5.95 Å². The third kappa shape index (κ3) is 4.23. The Morgan fingerprint density at radius 2 is 1.11 bits per heavy atom. The third-order valence-electron chi connectivity index (χ3n) is 11.8. The minimum atomic E-state index is 0.565. The first-order valence-electron chi connectivity index (χ1n) is 19.2. The van der Waals surface area contributed by atoms with Crippen molar-refractivity contribution in [2.75, 3.05) is 0 Å². The van der Waals surface area contributed by atoms with Gasteiger partial charge in [-0.2, -0.15) is 0 Å². The Bertz CT molecular complexity index is 3820. The molecular weight excluding hydrogens is 699 g/mol. The molecule has 0 spiro atoms. The number of nitrogens with zero attached hydrogens (tertiary/aromatic N) is 3. The van der Waals surface area contributed by atoms with E-state index in [2.05, 4.69) is 168 Å². The Morgan fingerprint density at radius 3 is 1.98 bits per heavy atom. The Balaban J connectivity index is 1.16. The SMILES string of the molecule is c1ccc(-c2ccc3c(c2)oc2c3c3ccccc3c3c4ccccc4n(-c4nc(-c5cccc6c5oc5ccc7ccccc7c56)c5ccccc5n4)c23)cc1. The summed E-state index contributed by atoms with van der Waals surface area (Å²) in [5.41, 5.74) is 10.1. The van der Waals surface area contributed by atoms with Crippen LogP contribution in [0.4, 0.5) is 0 Å². The summed E-state index contributed by atoms with van der Waals surface area (Å²) >= 11 is 0. The largest absolute Gasteiger partial charge is 0.455 e. The number of hydrogen-bond donors (Lipinski definition) is 0. The molecule has 0 bridgehead atoms. The van der Waals surface area contributed by atoms with Gasteiger partial charge < -0.3 is 8.83 Å². The van der Waals surface area contributed by atoms with Crippen LogP contribution in [0.25, 0.3) is 126 Å². The first-order chi connectivity index (χ1) is 28.3. The lowest BCUT2D eigenvalue weighted by Crippen LogP contribution is -2.03. The van der Waals surface area contributed by atoms with Gasteiger partial charge in [0.25, 0.3) is 0 Å². The molecule has 0 unspecified atom stereocenters. The van der Waals surface area contributed by atoms with E-state index in [1.54, 1.807) is 0 Å². The first-order valence-corrected chi connectivity index (χ1v) is 19.2. The van der Waals surface area contributed by atoms with Crippen LogP contribution in [-0.4, -0.2) is 14.5 Å². The highest BCUT2D eigenvalue weighted by Crippen LogP contribution is 2.47. The van der Waals surface area contributed by atoms with Gasteiger partial charge in [0, 0.05) is 43.3 Å². The van der Waals surface area contributed by atoms with Gasteiger partial charge in [0.15, 0.2) is 5.58 Å². The molecule has 0 radical (unpaired) electrons. The van der Waals surface area contributed by atoms with Crippen LogP contribution in [-0.2, 0) is 0 Å². The lowest BCUT2D eigenvalue weighted by atomic mass is 9.98. The van der Waals surface area contributed by atoms with Crippen molar-refractivity contribution in [2.45, 2.75) is 0 Å². The second kappa shape index (κ2) is 11.4. The quantitative estimate of drug-likeness (QED) is 0.182. The van der Waals surface area contributed by atoms with Crippen molar-refractivity contribution in [1.29, 1.82) is 0 Å². The Labute approximate surface area is 324 Å². The number of fused-ring (bicyclic) bond motifs is 16. The molecule has 0 saturated carbocycles. The number of furan rings is 2. The fourth-order valence-electron chi connectivity index (χ4n) is 9.32. The van der Waals surface area contributed by atoms with Crippen LogP contribution in [0, 0.1) is 0 Å². The molecule has 13 rings (SSSR count). The summed E-state index contributed by atoms with van der Waals surface area (Å²) < 4.78 is 16.0. The number of hydrogen-bond acceptors (Lipinski definition) is 4. The maximum absolute atomic E-state index is 7.07. The van der Waals surface area contributed by atoms with Gasteiger partial charge in [-0.3, -0.25) is 4.57 Å². The van der Waals surface area contributed by atoms with Gasteiger partial charge in [-0.25, -0.2) is 9.97 Å². The number of benzene rings is 9. The van der Waals surface area contributed by atoms with Crippen molar-refractivity contribution in [3.8, 4) is 28.3 Å². The Hall–Kier alpha value is -7.76. The highest BCUT2D eigenvalue weighted by Gasteiger charge is 2.26. The molecule has 9 aromatic carbocycles. The van der Waals surface area contributed by atoms with Gasteiger partial charge in [-0.15, -0.1) is 0 Å². The molecule has 264 valence electrons. The maximum Gasteiger partial charge on any atom is 0.235 e. The average Bonchev–Trinajstić information content (AvgIpc) is 3.96. The van der Waals surface area contributed by atoms with Crippen molar-refractivity contribution < 1.29 is 8.83 Å². The fraction of sp³-hybridized carbons (Fsp3) is 0. The highest BCUT2D eigenvalue weighted by molar-refractivity contribution is 6.35. The maximum atomic E-state index is 7.07. The van der Waals surface area contributed by atoms with E-state index >= 15 is 0 Å². The summed E-state index contributed by atoms with van der Waals surface area (Å²) in [6.45, 7) is 0. The van der Waals surface area contributed by atoms with E-state index in [0.717, 1.165) is 110 Å². The number of para-hydroxylation sites is 3. The van der Waals surface area contributed by atoms with Crippen molar-refractivity contribution in [3.05, 3.63) is 176 Å². The number of aromatic nitrogens is 3. The van der Waals surface area contributed by atoms with Gasteiger partial charge in [0.05, 0.1) is 16.7 Å². The lowest BCUT2D eigenvalue weighted by Gasteiger charge is -2.12. The summed E-state index contributed by atoms with van der Waals surface area (Å²) in [7, 11) is 0. The number of rotatable bonds is 3. The zero-order valence-corrected chi connectivity index (χ0v) is 30.4. The highest BCUT2D eigenvalue weighted by atomic mass is 16.3. The van der Waals surface area contributed by atoms with Gasteiger partial charge >= 0.3 is 0 Å². The molecule has 0 amide bonds. The summed E-state index contributed by atoms with van der Waals surface area (Å²) in [6.07, 6.45) is 0. The molecule has 0 aliphatic rings. The monoisotopic (exact) mass is 727 g/mol. The molecule has 0 aliphatic carbocycles. The van der Waals surface area contributed by atoms with E-state index in [0.29, 0.717) is 5.95 Å². The van der Waals surface area contributed by atoms with Crippen LogP contribution in [0.3, 0.4) is 0 Å². The van der Waals surface area contributed by atoms with Crippen LogP contribution < -0.4 is 0 Å². The molecule has 5 heteroatoms. The van der Waals surface area contributed by atoms with E-state index in [1.165, 1.54) is 10.8 Å². The normalized spacial score (nSPS) is 12.2. The molecule has 4 heterocycles. The van der Waals surface area contributed by atoms with E-state index < -0.39 is 0 Å². The fourth-order valence-corrected chi connectivity index (χ4v) is 9.32. The molecule has 57 heavy (non-hydrogen) atoms. The summed E-state index contributed by atoms with van der Waals surface area (Å²) in [4.78, 5) is 10.9. The molecule has 0 N–H and O–H groups in total. The molecule has 13 aromatic rings. The molecule has 0 aliphatic heterocycles. The average molecular weight is 728 g/mol. The molecule has 0 atom stereocenters. The van der Waals surface area contributed by atoms with E-state index in [9.17, 15) is 0 Å². The molecule has 0 saturated heterocycles. The third-order valence-corrected chi connectivity index (χ3v) is 11.8. The minimum absolute atomic E-state index is 0.565. The summed E-state index contributed by atoms with van der Waals surface area (Å²) in [5, 5.41) is 12.2. The topological polar surface area (TPSA) is 57.0 Å². The van der Waals surface area contributed by atoms with E-state index in [-0.39, 0.29) is 0 Å². The zero-order chi connectivity index (χ0) is 37.2. The van der Waals surface area contributed by atoms with E-state index in [1.807, 2.05) is 12.1 Å². The predicted octanol–water partition coefficient (Wildman–Crippen LogP) is 14.2. The van der Waals surface area contributed by atoms with Crippen molar-refractivity contribution in [3.63, 3.8) is 0 Å². The first kappa shape index (κ1) is 30.6. The van der Waals surface area contributed by atoms with Crippen LogP contribution in [0.5, 0.6) is 0 Å². The standard InChI is InChI=1S/C52H29N3O2/c1-2-13-30(14-3-1)32-25-27-38-44(29-32)57-51-47(38)35-18-7-6-17-34(35)46-37-20-9-11-24-42(37)55(49(46)51)52-53-41-23-10-8-19-36(41)48(54-52)40-22-12-21-39-45-33-16-5-4-15-31(33)26-28-43(45)56-50(39)40/h1-29H. The van der Waals surface area contributed by atoms with Crippen molar-refractivity contribution in [1.82, 2.24) is 14.5 Å². The van der Waals surface area contributed by atoms with Crippen LogP contribution in [0.1, 0.15) is 0 Å². The Morgan fingerprint density at radius 1 is 0.404 bits per heavy atom. The van der Waals surface area contributed by atoms with Gasteiger partial charge in [-0.1, -0.05) is 140 Å². The van der Waals surface area contributed by atoms with Crippen LogP contribution >= 0.6 is 0 Å². The van der Waals surface area contributed by atoms with Crippen LogP contribution in [0.15, 0.2) is 185 Å². The summed E-state index contributed by atoms with van der Waals surface area (Å²) in [6, 6.07) is 61.6. The lowest BCUT2D eigenvalue weighted by molar-refractivity contribution is 0.669.